The molecule has 4 aromatic heterocycles. The largest absolute Gasteiger partial charge is 0.388 e. The van der Waals surface area contributed by atoms with E-state index < -0.39 is 11.9 Å². The van der Waals surface area contributed by atoms with E-state index in [0.717, 1.165) is 109 Å². The summed E-state index contributed by atoms with van der Waals surface area (Å²) in [6.45, 7) is 12.2. The summed E-state index contributed by atoms with van der Waals surface area (Å²) in [7, 11) is 5.51. The van der Waals surface area contributed by atoms with Crippen LogP contribution < -0.4 is 21.9 Å². The topological polar surface area (TPSA) is 155 Å². The highest BCUT2D eigenvalue weighted by Crippen LogP contribution is 2.35. The third-order valence-corrected chi connectivity index (χ3v) is 15.4. The summed E-state index contributed by atoms with van der Waals surface area (Å²) in [5.74, 6) is -0.730. The number of amides is 3. The van der Waals surface area contributed by atoms with Crippen molar-refractivity contribution < 1.29 is 18.8 Å². The predicted octanol–water partition coefficient (Wildman–Crippen LogP) is 5.36. The van der Waals surface area contributed by atoms with Gasteiger partial charge in [-0.2, -0.15) is 0 Å². The van der Waals surface area contributed by atoms with E-state index in [1.54, 1.807) is 41.7 Å². The number of piperazine rings is 1. The van der Waals surface area contributed by atoms with E-state index in [4.69, 9.17) is 0 Å². The summed E-state index contributed by atoms with van der Waals surface area (Å²) in [5.41, 5.74) is 8.28. The van der Waals surface area contributed by atoms with Crippen LogP contribution in [-0.2, 0) is 30.2 Å². The van der Waals surface area contributed by atoms with E-state index >= 15 is 4.39 Å². The molecule has 4 aliphatic heterocycles. The fourth-order valence-electron chi connectivity index (χ4n) is 11.4. The average Bonchev–Trinajstić information content (AvgIpc) is 3.83. The second kappa shape index (κ2) is 19.2. The van der Waals surface area contributed by atoms with E-state index in [2.05, 4.69) is 54.0 Å². The van der Waals surface area contributed by atoms with Gasteiger partial charge in [0, 0.05) is 145 Å². The van der Waals surface area contributed by atoms with Crippen LogP contribution >= 0.6 is 0 Å². The smallest absolute Gasteiger partial charge is 0.329 e. The molecule has 10 rings (SSSR count). The fraction of sp³-hybridized carbons (Fsp3) is 0.434. The van der Waals surface area contributed by atoms with Crippen molar-refractivity contribution in [2.45, 2.75) is 64.6 Å². The Balaban J connectivity index is 0.710. The number of halogens is 1. The molecule has 0 aliphatic carbocycles. The van der Waals surface area contributed by atoms with Gasteiger partial charge in [0.1, 0.15) is 17.5 Å². The van der Waals surface area contributed by atoms with Gasteiger partial charge in [0.15, 0.2) is 0 Å². The van der Waals surface area contributed by atoms with Gasteiger partial charge < -0.3 is 19.7 Å². The quantitative estimate of drug-likeness (QED) is 0.162. The lowest BCUT2D eigenvalue weighted by molar-refractivity contribution is -0.135. The number of fused-ring (bicyclic) bond motifs is 2. The van der Waals surface area contributed by atoms with Crippen molar-refractivity contribution in [3.63, 3.8) is 0 Å². The Labute approximate surface area is 406 Å². The fourth-order valence-corrected chi connectivity index (χ4v) is 11.4. The molecule has 0 saturated carbocycles. The van der Waals surface area contributed by atoms with E-state index in [9.17, 15) is 24.0 Å². The minimum atomic E-state index is -0.703. The Bertz CT molecular complexity index is 3160. The highest BCUT2D eigenvalue weighted by Gasteiger charge is 2.33. The van der Waals surface area contributed by atoms with Gasteiger partial charge in [-0.25, -0.2) is 14.2 Å². The SMILES string of the molecule is CNc1ccn(-c2ccnc3c2cc([C@H](C)N2CC=C(c4c(C)cc(C(=O)N5CCC(CN6CCN(Cc7ccc8c(c7)n(C)c(=O)n8[C@@H]7CCC(=O)NC7=O)CC6)CC5)cc4F)CC2)n3C)c(=O)c1. The number of piperidine rings is 2. The lowest BCUT2D eigenvalue weighted by Gasteiger charge is -2.39. The zero-order chi connectivity index (χ0) is 49.0. The summed E-state index contributed by atoms with van der Waals surface area (Å²) in [6.07, 6.45) is 8.63. The minimum absolute atomic E-state index is 0.0315. The van der Waals surface area contributed by atoms with Gasteiger partial charge in [0.05, 0.1) is 16.7 Å². The molecule has 2 N–H and O–H groups in total. The van der Waals surface area contributed by atoms with Crippen LogP contribution in [0.25, 0.3) is 33.3 Å². The number of aromatic nitrogens is 5. The monoisotopic (exact) mass is 951 g/mol. The van der Waals surface area contributed by atoms with Gasteiger partial charge >= 0.3 is 5.69 Å². The number of aryl methyl sites for hydroxylation is 3. The number of imidazole rings is 1. The predicted molar refractivity (Wildman–Crippen MR) is 269 cm³/mol. The summed E-state index contributed by atoms with van der Waals surface area (Å²) in [5, 5.41) is 6.29. The van der Waals surface area contributed by atoms with Gasteiger partial charge in [-0.15, -0.1) is 0 Å². The lowest BCUT2D eigenvalue weighted by atomic mass is 9.92. The van der Waals surface area contributed by atoms with Crippen molar-refractivity contribution in [3.8, 4) is 5.69 Å². The summed E-state index contributed by atoms with van der Waals surface area (Å²) < 4.78 is 22.9. The highest BCUT2D eigenvalue weighted by molar-refractivity contribution is 6.00. The number of benzene rings is 2. The molecular formula is C53H62FN11O5. The highest BCUT2D eigenvalue weighted by atomic mass is 19.1. The van der Waals surface area contributed by atoms with Crippen molar-refractivity contribution in [2.24, 2.45) is 20.0 Å². The van der Waals surface area contributed by atoms with E-state index in [-0.39, 0.29) is 41.3 Å². The molecule has 366 valence electrons. The maximum Gasteiger partial charge on any atom is 0.329 e. The van der Waals surface area contributed by atoms with Crippen molar-refractivity contribution in [1.29, 1.82) is 0 Å². The first kappa shape index (κ1) is 47.0. The Kier molecular flexibility index (Phi) is 12.9. The maximum atomic E-state index is 16.1. The molecule has 0 bridgehead atoms. The van der Waals surface area contributed by atoms with Crippen LogP contribution in [-0.4, -0.2) is 127 Å². The number of pyridine rings is 2. The number of anilines is 1. The number of nitrogens with zero attached hydrogens (tertiary/aromatic N) is 9. The first-order chi connectivity index (χ1) is 33.8. The first-order valence-electron chi connectivity index (χ1n) is 24.6. The third kappa shape index (κ3) is 8.90. The van der Waals surface area contributed by atoms with Gasteiger partial charge in [-0.05, 0) is 105 Å². The molecule has 17 heteroatoms. The molecule has 0 unspecified atom stereocenters. The molecule has 4 aliphatic rings. The number of likely N-dealkylation sites (tertiary alicyclic amines) is 1. The van der Waals surface area contributed by atoms with Crippen LogP contribution in [0.5, 0.6) is 0 Å². The van der Waals surface area contributed by atoms with Crippen LogP contribution in [0.15, 0.2) is 82.7 Å². The van der Waals surface area contributed by atoms with Gasteiger partial charge in [-0.3, -0.25) is 48.0 Å². The molecule has 2 atom stereocenters. The van der Waals surface area contributed by atoms with Gasteiger partial charge in [0.2, 0.25) is 11.8 Å². The van der Waals surface area contributed by atoms with E-state index in [1.165, 1.54) is 10.6 Å². The Morgan fingerprint density at radius 3 is 2.34 bits per heavy atom. The van der Waals surface area contributed by atoms with Crippen LogP contribution in [0.2, 0.25) is 0 Å². The summed E-state index contributed by atoms with van der Waals surface area (Å²) >= 11 is 0. The summed E-state index contributed by atoms with van der Waals surface area (Å²) in [6, 6.07) is 16.0. The first-order valence-corrected chi connectivity index (χ1v) is 24.6. The average molecular weight is 952 g/mol. The molecule has 3 saturated heterocycles. The third-order valence-electron chi connectivity index (χ3n) is 15.4. The van der Waals surface area contributed by atoms with E-state index in [1.807, 2.05) is 55.3 Å². The molecule has 3 amide bonds. The summed E-state index contributed by atoms with van der Waals surface area (Å²) in [4.78, 5) is 78.3. The van der Waals surface area contributed by atoms with Crippen LogP contribution in [0.3, 0.4) is 0 Å². The molecular weight excluding hydrogens is 890 g/mol. The maximum absolute atomic E-state index is 16.1. The van der Waals surface area contributed by atoms with Crippen LogP contribution in [0.4, 0.5) is 10.1 Å². The molecule has 0 spiro atoms. The van der Waals surface area contributed by atoms with Crippen molar-refractivity contribution in [1.82, 2.24) is 48.2 Å². The molecule has 6 aromatic rings. The second-order valence-electron chi connectivity index (χ2n) is 19.7. The van der Waals surface area contributed by atoms with Crippen molar-refractivity contribution in [2.75, 3.05) is 71.3 Å². The minimum Gasteiger partial charge on any atom is -0.388 e. The number of rotatable bonds is 11. The van der Waals surface area contributed by atoms with E-state index in [0.29, 0.717) is 55.0 Å². The number of nitrogens with one attached hydrogen (secondary N) is 2. The van der Waals surface area contributed by atoms with Gasteiger partial charge in [-0.1, -0.05) is 12.1 Å². The van der Waals surface area contributed by atoms with Gasteiger partial charge in [0.25, 0.3) is 11.5 Å². The number of carbonyl (C=O) groups excluding carboxylic acids is 3. The standard InChI is InChI=1S/C53H62FN11O5/c1-33-26-38(28-41(54)49(33)37-13-19-62(20-14-37)34(2)45-30-40-42(10-16-56-50(40)58(45)4)64-21-15-39(55-3)29-48(64)67)52(69)63-17-11-35(12-18-63)31-60-22-24-61(25-23-60)32-36-6-7-43-46(27-36)59(5)53(70)65(43)44-8-9-47(66)57-51(44)68/h6-7,10,13,15-16,21,26-30,34-35,44,55H,8-9,11-12,14,17-20,22-25,31-32H2,1-5H3,(H,57,66,68)/t34-,44+/m0/s1. The second-order valence-corrected chi connectivity index (χ2v) is 19.7. The van der Waals surface area contributed by atoms with Crippen molar-refractivity contribution >= 4 is 51.0 Å². The Morgan fingerprint density at radius 1 is 0.871 bits per heavy atom. The zero-order valence-corrected chi connectivity index (χ0v) is 40.7. The lowest BCUT2D eigenvalue weighted by Crippen LogP contribution is -2.48. The molecule has 70 heavy (non-hydrogen) atoms. The Hall–Kier alpha value is -6.69. The van der Waals surface area contributed by atoms with Crippen LogP contribution in [0.1, 0.15) is 83.9 Å². The van der Waals surface area contributed by atoms with Crippen LogP contribution in [0, 0.1) is 18.7 Å². The molecule has 16 nitrogen and oxygen atoms in total. The van der Waals surface area contributed by atoms with Crippen molar-refractivity contribution in [3.05, 3.63) is 128 Å². The number of carbonyl (C=O) groups is 3. The molecule has 8 heterocycles. The number of hydrogen-bond acceptors (Lipinski definition) is 10. The molecule has 3 fully saturated rings. The normalized spacial score (nSPS) is 19.5. The zero-order valence-electron chi connectivity index (χ0n) is 40.7. The molecule has 0 radical (unpaired) electrons. The molecule has 2 aromatic carbocycles. The number of imide groups is 1. The number of hydrogen-bond donors (Lipinski definition) is 2. The Morgan fingerprint density at radius 2 is 1.64 bits per heavy atom.